The van der Waals surface area contributed by atoms with E-state index in [1.54, 1.807) is 24.3 Å². The first kappa shape index (κ1) is 14.6. The number of amides is 1. The van der Waals surface area contributed by atoms with Gasteiger partial charge in [-0.3, -0.25) is 9.59 Å². The van der Waals surface area contributed by atoms with Gasteiger partial charge < -0.3 is 10.1 Å². The zero-order valence-electron chi connectivity index (χ0n) is 10.8. The first-order valence-electron chi connectivity index (χ1n) is 6.01. The molecule has 2 aromatic rings. The van der Waals surface area contributed by atoms with Crippen LogP contribution in [0.3, 0.4) is 0 Å². The molecule has 0 aliphatic carbocycles. The molecule has 6 heteroatoms. The van der Waals surface area contributed by atoms with Gasteiger partial charge in [0.05, 0.1) is 0 Å². The minimum absolute atomic E-state index is 0.0115. The summed E-state index contributed by atoms with van der Waals surface area (Å²) >= 11 is 0. The van der Waals surface area contributed by atoms with Crippen molar-refractivity contribution >= 4 is 17.9 Å². The van der Waals surface area contributed by atoms with Gasteiger partial charge in [0.2, 0.25) is 0 Å². The Morgan fingerprint density at radius 1 is 1.10 bits per heavy atom. The maximum atomic E-state index is 12.9. The number of carbonyl (C=O) groups excluding carboxylic acids is 2. The molecular weight excluding hydrogens is 280 g/mol. The fraction of sp³-hybridized carbons (Fsp3) is 0.0667. The van der Waals surface area contributed by atoms with E-state index in [1.807, 2.05) is 0 Å². The van der Waals surface area contributed by atoms with Crippen LogP contribution in [0.1, 0.15) is 10.4 Å². The molecule has 0 bridgehead atoms. The van der Waals surface area contributed by atoms with E-state index in [-0.39, 0.29) is 12.3 Å². The second kappa shape index (κ2) is 6.60. The normalized spacial score (nSPS) is 10.0. The predicted molar refractivity (Wildman–Crippen MR) is 72.3 cm³/mol. The average Bonchev–Trinajstić information content (AvgIpc) is 2.44. The summed E-state index contributed by atoms with van der Waals surface area (Å²) in [4.78, 5) is 22.1. The van der Waals surface area contributed by atoms with Crippen LogP contribution >= 0.6 is 0 Å². The molecule has 1 amide bonds. The largest absolute Gasteiger partial charge is 0.484 e. The Labute approximate surface area is 119 Å². The number of anilines is 1. The van der Waals surface area contributed by atoms with Crippen LogP contribution in [0.4, 0.5) is 14.5 Å². The summed E-state index contributed by atoms with van der Waals surface area (Å²) in [5, 5.41) is 2.32. The highest BCUT2D eigenvalue weighted by Gasteiger charge is 2.06. The molecule has 0 aliphatic rings. The second-order valence-electron chi connectivity index (χ2n) is 4.18. The van der Waals surface area contributed by atoms with Crippen molar-refractivity contribution in [2.75, 3.05) is 11.9 Å². The molecule has 0 saturated carbocycles. The molecule has 0 heterocycles. The summed E-state index contributed by atoms with van der Waals surface area (Å²) in [7, 11) is 0. The molecule has 4 nitrogen and oxygen atoms in total. The Hall–Kier alpha value is -2.76. The number of aldehydes is 1. The summed E-state index contributed by atoms with van der Waals surface area (Å²) in [5.74, 6) is -1.72. The van der Waals surface area contributed by atoms with E-state index < -0.39 is 17.5 Å². The van der Waals surface area contributed by atoms with Gasteiger partial charge in [0, 0.05) is 17.3 Å². The van der Waals surface area contributed by atoms with Gasteiger partial charge in [-0.2, -0.15) is 0 Å². The van der Waals surface area contributed by atoms with Gasteiger partial charge in [0.25, 0.3) is 5.91 Å². The SMILES string of the molecule is O=Cc1ccc(OCC(=O)Nc2cc(F)cc(F)c2)cc1. The minimum atomic E-state index is -0.782. The summed E-state index contributed by atoms with van der Waals surface area (Å²) in [5.41, 5.74) is 0.499. The lowest BCUT2D eigenvalue weighted by Crippen LogP contribution is -2.20. The molecule has 1 N–H and O–H groups in total. The standard InChI is InChI=1S/C15H11F2NO3/c16-11-5-12(17)7-13(6-11)18-15(20)9-21-14-3-1-10(8-19)2-4-14/h1-8H,9H2,(H,18,20). The van der Waals surface area contributed by atoms with Crippen molar-refractivity contribution in [3.8, 4) is 5.75 Å². The molecular formula is C15H11F2NO3. The third kappa shape index (κ3) is 4.38. The molecule has 0 spiro atoms. The van der Waals surface area contributed by atoms with Crippen LogP contribution in [0.25, 0.3) is 0 Å². The third-order valence-corrected chi connectivity index (χ3v) is 2.53. The van der Waals surface area contributed by atoms with Crippen molar-refractivity contribution in [1.82, 2.24) is 0 Å². The Bertz CT molecular complexity index is 636. The van der Waals surface area contributed by atoms with Gasteiger partial charge in [-0.15, -0.1) is 0 Å². The number of hydrogen-bond donors (Lipinski definition) is 1. The van der Waals surface area contributed by atoms with Crippen LogP contribution < -0.4 is 10.1 Å². The van der Waals surface area contributed by atoms with Crippen molar-refractivity contribution in [2.45, 2.75) is 0 Å². The van der Waals surface area contributed by atoms with E-state index in [0.29, 0.717) is 23.7 Å². The van der Waals surface area contributed by atoms with Gasteiger partial charge in [-0.1, -0.05) is 0 Å². The van der Waals surface area contributed by atoms with Crippen molar-refractivity contribution < 1.29 is 23.1 Å². The molecule has 0 saturated heterocycles. The number of benzene rings is 2. The highest BCUT2D eigenvalue weighted by Crippen LogP contribution is 2.14. The van der Waals surface area contributed by atoms with Gasteiger partial charge in [-0.25, -0.2) is 8.78 Å². The molecule has 108 valence electrons. The molecule has 0 atom stereocenters. The van der Waals surface area contributed by atoms with E-state index in [1.165, 1.54) is 0 Å². The summed E-state index contributed by atoms with van der Waals surface area (Å²) in [6.45, 7) is -0.321. The molecule has 0 aromatic heterocycles. The van der Waals surface area contributed by atoms with Crippen LogP contribution in [0.15, 0.2) is 42.5 Å². The smallest absolute Gasteiger partial charge is 0.262 e. The number of nitrogens with one attached hydrogen (secondary N) is 1. The summed E-state index contributed by atoms with van der Waals surface area (Å²) in [6.07, 6.45) is 0.689. The van der Waals surface area contributed by atoms with E-state index in [4.69, 9.17) is 4.74 Å². The monoisotopic (exact) mass is 291 g/mol. The fourth-order valence-electron chi connectivity index (χ4n) is 1.61. The Morgan fingerprint density at radius 2 is 1.71 bits per heavy atom. The van der Waals surface area contributed by atoms with Crippen molar-refractivity contribution in [3.05, 3.63) is 59.7 Å². The third-order valence-electron chi connectivity index (χ3n) is 2.53. The average molecular weight is 291 g/mol. The quantitative estimate of drug-likeness (QED) is 0.862. The number of ether oxygens (including phenoxy) is 1. The lowest BCUT2D eigenvalue weighted by molar-refractivity contribution is -0.118. The first-order valence-corrected chi connectivity index (χ1v) is 6.01. The Kier molecular flexibility index (Phi) is 4.61. The summed E-state index contributed by atoms with van der Waals surface area (Å²) < 4.78 is 31.1. The molecule has 0 fully saturated rings. The highest BCUT2D eigenvalue weighted by atomic mass is 19.1. The number of rotatable bonds is 5. The Balaban J connectivity index is 1.90. The van der Waals surface area contributed by atoms with Crippen molar-refractivity contribution in [3.63, 3.8) is 0 Å². The van der Waals surface area contributed by atoms with Crippen LogP contribution in [0, 0.1) is 11.6 Å². The zero-order valence-corrected chi connectivity index (χ0v) is 10.8. The molecule has 0 radical (unpaired) electrons. The fourth-order valence-corrected chi connectivity index (χ4v) is 1.61. The van der Waals surface area contributed by atoms with Crippen molar-refractivity contribution in [1.29, 1.82) is 0 Å². The minimum Gasteiger partial charge on any atom is -0.484 e. The Morgan fingerprint density at radius 3 is 2.29 bits per heavy atom. The molecule has 21 heavy (non-hydrogen) atoms. The van der Waals surface area contributed by atoms with E-state index in [2.05, 4.69) is 5.32 Å². The molecule has 2 aromatic carbocycles. The van der Waals surface area contributed by atoms with E-state index >= 15 is 0 Å². The van der Waals surface area contributed by atoms with Gasteiger partial charge in [0.15, 0.2) is 6.61 Å². The highest BCUT2D eigenvalue weighted by molar-refractivity contribution is 5.91. The van der Waals surface area contributed by atoms with Crippen LogP contribution in [-0.2, 0) is 4.79 Å². The second-order valence-corrected chi connectivity index (χ2v) is 4.18. The van der Waals surface area contributed by atoms with Crippen LogP contribution in [0.5, 0.6) is 5.75 Å². The van der Waals surface area contributed by atoms with Crippen LogP contribution in [0.2, 0.25) is 0 Å². The predicted octanol–water partition coefficient (Wildman–Crippen LogP) is 2.79. The molecule has 0 aliphatic heterocycles. The van der Waals surface area contributed by atoms with Gasteiger partial charge in [0.1, 0.15) is 23.7 Å². The first-order chi connectivity index (χ1) is 10.1. The molecule has 2 rings (SSSR count). The van der Waals surface area contributed by atoms with Gasteiger partial charge in [-0.05, 0) is 36.4 Å². The van der Waals surface area contributed by atoms with Gasteiger partial charge >= 0.3 is 0 Å². The van der Waals surface area contributed by atoms with Crippen molar-refractivity contribution in [2.24, 2.45) is 0 Å². The van der Waals surface area contributed by atoms with E-state index in [0.717, 1.165) is 12.1 Å². The lowest BCUT2D eigenvalue weighted by Gasteiger charge is -2.08. The lowest BCUT2D eigenvalue weighted by atomic mass is 10.2. The maximum absolute atomic E-state index is 12.9. The van der Waals surface area contributed by atoms with E-state index in [9.17, 15) is 18.4 Å². The van der Waals surface area contributed by atoms with Crippen LogP contribution in [-0.4, -0.2) is 18.8 Å². The number of hydrogen-bond acceptors (Lipinski definition) is 3. The number of halogens is 2. The summed E-state index contributed by atoms with van der Waals surface area (Å²) in [6, 6.07) is 8.88. The number of carbonyl (C=O) groups is 2. The topological polar surface area (TPSA) is 55.4 Å². The maximum Gasteiger partial charge on any atom is 0.262 e. The molecule has 0 unspecified atom stereocenters. The zero-order chi connectivity index (χ0) is 15.2.